The van der Waals surface area contributed by atoms with E-state index in [0.29, 0.717) is 38.9 Å². The summed E-state index contributed by atoms with van der Waals surface area (Å²) in [6, 6.07) is 8.70. The first-order valence-corrected chi connectivity index (χ1v) is 10.7. The average molecular weight is 439 g/mol. The molecule has 0 radical (unpaired) electrons. The molecular weight excluding hydrogens is 413 g/mol. The van der Waals surface area contributed by atoms with Crippen LogP contribution in [0.3, 0.4) is 0 Å². The van der Waals surface area contributed by atoms with E-state index in [1.807, 2.05) is 12.1 Å². The van der Waals surface area contributed by atoms with Crippen molar-refractivity contribution in [3.05, 3.63) is 65.7 Å². The summed E-state index contributed by atoms with van der Waals surface area (Å²) in [5, 5.41) is 8.72. The van der Waals surface area contributed by atoms with Gasteiger partial charge in [-0.15, -0.1) is 0 Å². The van der Waals surface area contributed by atoms with Crippen molar-refractivity contribution in [3.63, 3.8) is 0 Å². The molecule has 2 aromatic rings. The Bertz CT molecular complexity index is 987. The number of amides is 3. The second kappa shape index (κ2) is 9.86. The van der Waals surface area contributed by atoms with Gasteiger partial charge in [0.05, 0.1) is 6.04 Å². The second-order valence-electron chi connectivity index (χ2n) is 8.20. The third kappa shape index (κ3) is 5.28. The summed E-state index contributed by atoms with van der Waals surface area (Å²) in [4.78, 5) is 43.2. The number of pyridine rings is 1. The number of piperazine rings is 1. The van der Waals surface area contributed by atoms with Gasteiger partial charge in [0.2, 0.25) is 11.8 Å². The minimum Gasteiger partial charge on any atom is -0.353 e. The van der Waals surface area contributed by atoms with Crippen LogP contribution in [0.4, 0.5) is 4.39 Å². The van der Waals surface area contributed by atoms with Crippen LogP contribution in [-0.2, 0) is 16.1 Å². The molecule has 2 fully saturated rings. The van der Waals surface area contributed by atoms with Gasteiger partial charge in [-0.05, 0) is 42.7 Å². The largest absolute Gasteiger partial charge is 0.353 e. The predicted octanol–water partition coefficient (Wildman–Crippen LogP) is 0.988. The number of halogens is 1. The molecule has 2 aliphatic heterocycles. The molecule has 32 heavy (non-hydrogen) atoms. The van der Waals surface area contributed by atoms with Gasteiger partial charge in [0.1, 0.15) is 5.82 Å². The molecular formula is C23H26FN5O3. The number of carbonyl (C=O) groups excluding carboxylic acids is 3. The molecule has 0 bridgehead atoms. The lowest BCUT2D eigenvalue weighted by Gasteiger charge is -2.37. The van der Waals surface area contributed by atoms with Crippen molar-refractivity contribution in [2.24, 2.45) is 0 Å². The molecule has 3 amide bonds. The third-order valence-corrected chi connectivity index (χ3v) is 5.96. The van der Waals surface area contributed by atoms with Gasteiger partial charge in [-0.3, -0.25) is 24.3 Å². The monoisotopic (exact) mass is 439 g/mol. The number of fused-ring (bicyclic) bond motifs is 1. The number of benzene rings is 1. The molecule has 168 valence electrons. The molecule has 2 saturated heterocycles. The van der Waals surface area contributed by atoms with Crippen molar-refractivity contribution in [2.75, 3.05) is 13.1 Å². The number of nitrogens with zero attached hydrogens (tertiary/aromatic N) is 2. The molecule has 8 nitrogen and oxygen atoms in total. The van der Waals surface area contributed by atoms with Crippen LogP contribution in [0.2, 0.25) is 0 Å². The van der Waals surface area contributed by atoms with E-state index in [-0.39, 0.29) is 41.4 Å². The van der Waals surface area contributed by atoms with Gasteiger partial charge in [-0.1, -0.05) is 12.1 Å². The van der Waals surface area contributed by atoms with Crippen LogP contribution in [0, 0.1) is 5.82 Å². The topological polar surface area (TPSA) is 103 Å². The van der Waals surface area contributed by atoms with Crippen molar-refractivity contribution in [2.45, 2.75) is 43.9 Å². The Morgan fingerprint density at radius 2 is 2.12 bits per heavy atom. The molecule has 3 unspecified atom stereocenters. The van der Waals surface area contributed by atoms with Crippen LogP contribution in [0.1, 0.15) is 35.2 Å². The van der Waals surface area contributed by atoms with Crippen LogP contribution in [0.5, 0.6) is 0 Å². The molecule has 0 spiro atoms. The van der Waals surface area contributed by atoms with Crippen molar-refractivity contribution in [1.82, 2.24) is 25.8 Å². The highest BCUT2D eigenvalue weighted by Crippen LogP contribution is 2.26. The van der Waals surface area contributed by atoms with Gasteiger partial charge in [-0.25, -0.2) is 4.39 Å². The summed E-state index contributed by atoms with van der Waals surface area (Å²) >= 11 is 0. The number of carbonyl (C=O) groups is 3. The van der Waals surface area contributed by atoms with Crippen molar-refractivity contribution in [1.29, 1.82) is 0 Å². The maximum absolute atomic E-state index is 13.4. The Morgan fingerprint density at radius 3 is 2.91 bits per heavy atom. The van der Waals surface area contributed by atoms with E-state index in [1.165, 1.54) is 18.2 Å². The fraction of sp³-hybridized carbons (Fsp3) is 0.391. The summed E-state index contributed by atoms with van der Waals surface area (Å²) in [5.74, 6) is -0.953. The summed E-state index contributed by atoms with van der Waals surface area (Å²) in [6.07, 6.45) is 4.81. The number of nitrogens with one attached hydrogen (secondary N) is 3. The average Bonchev–Trinajstić information content (AvgIpc) is 3.22. The maximum Gasteiger partial charge on any atom is 0.251 e. The fourth-order valence-corrected chi connectivity index (χ4v) is 4.34. The molecule has 3 atom stereocenters. The molecule has 3 heterocycles. The van der Waals surface area contributed by atoms with Gasteiger partial charge < -0.3 is 16.0 Å². The zero-order chi connectivity index (χ0) is 22.5. The van der Waals surface area contributed by atoms with E-state index >= 15 is 0 Å². The molecule has 4 rings (SSSR count). The van der Waals surface area contributed by atoms with E-state index in [0.717, 1.165) is 5.56 Å². The highest BCUT2D eigenvalue weighted by molar-refractivity contribution is 5.94. The normalized spacial score (nSPS) is 22.7. The van der Waals surface area contributed by atoms with Gasteiger partial charge in [0.25, 0.3) is 5.91 Å². The summed E-state index contributed by atoms with van der Waals surface area (Å²) < 4.78 is 13.4. The van der Waals surface area contributed by atoms with Gasteiger partial charge in [0.15, 0.2) is 0 Å². The lowest BCUT2D eigenvalue weighted by molar-refractivity contribution is -0.129. The van der Waals surface area contributed by atoms with E-state index < -0.39 is 5.82 Å². The number of hydrogen-bond acceptors (Lipinski definition) is 5. The van der Waals surface area contributed by atoms with Crippen LogP contribution in [0.15, 0.2) is 48.8 Å². The zero-order valence-electron chi connectivity index (χ0n) is 17.6. The molecule has 0 aliphatic carbocycles. The van der Waals surface area contributed by atoms with Crippen LogP contribution in [-0.4, -0.2) is 58.8 Å². The Hall–Kier alpha value is -3.33. The molecule has 3 N–H and O–H groups in total. The summed E-state index contributed by atoms with van der Waals surface area (Å²) in [7, 11) is 0. The van der Waals surface area contributed by atoms with E-state index in [9.17, 15) is 18.8 Å². The number of rotatable bonds is 7. The van der Waals surface area contributed by atoms with Crippen molar-refractivity contribution in [3.8, 4) is 0 Å². The standard InChI is InChI=1S/C23H26FN5O3/c24-17-5-1-4-16(9-17)22(31)28-18-10-20-23(32)27-13-19(29(20)14-18)6-7-21(30)26-12-15-3-2-8-25-11-15/h1-5,8-9,11,18-20H,6-7,10,12-14H2,(H,26,30)(H,27,32)(H,28,31). The molecule has 1 aromatic carbocycles. The quantitative estimate of drug-likeness (QED) is 0.597. The van der Waals surface area contributed by atoms with Crippen LogP contribution >= 0.6 is 0 Å². The zero-order valence-corrected chi connectivity index (χ0v) is 17.6. The lowest BCUT2D eigenvalue weighted by Crippen LogP contribution is -2.58. The second-order valence-corrected chi connectivity index (χ2v) is 8.20. The van der Waals surface area contributed by atoms with E-state index in [2.05, 4.69) is 25.8 Å². The Morgan fingerprint density at radius 1 is 1.25 bits per heavy atom. The lowest BCUT2D eigenvalue weighted by atomic mass is 10.0. The fourth-order valence-electron chi connectivity index (χ4n) is 4.34. The smallest absolute Gasteiger partial charge is 0.251 e. The summed E-state index contributed by atoms with van der Waals surface area (Å²) in [5.41, 5.74) is 1.18. The SMILES string of the molecule is O=C(CCC1CNC(=O)C2CC(NC(=O)c3cccc(F)c3)CN12)NCc1cccnc1. The minimum absolute atomic E-state index is 0.0120. The van der Waals surface area contributed by atoms with Crippen molar-refractivity contribution < 1.29 is 18.8 Å². The number of hydrogen-bond donors (Lipinski definition) is 3. The predicted molar refractivity (Wildman–Crippen MR) is 115 cm³/mol. The van der Waals surface area contributed by atoms with Crippen molar-refractivity contribution >= 4 is 17.7 Å². The highest BCUT2D eigenvalue weighted by Gasteiger charge is 2.43. The third-order valence-electron chi connectivity index (χ3n) is 5.96. The first-order valence-electron chi connectivity index (χ1n) is 10.7. The minimum atomic E-state index is -0.470. The Labute approximate surface area is 185 Å². The van der Waals surface area contributed by atoms with Gasteiger partial charge >= 0.3 is 0 Å². The van der Waals surface area contributed by atoms with E-state index in [4.69, 9.17) is 0 Å². The van der Waals surface area contributed by atoms with Crippen LogP contribution < -0.4 is 16.0 Å². The van der Waals surface area contributed by atoms with E-state index in [1.54, 1.807) is 18.5 Å². The molecule has 2 aliphatic rings. The van der Waals surface area contributed by atoms with Crippen LogP contribution in [0.25, 0.3) is 0 Å². The Kier molecular flexibility index (Phi) is 6.75. The number of aromatic nitrogens is 1. The molecule has 0 saturated carbocycles. The van der Waals surface area contributed by atoms with Gasteiger partial charge in [-0.2, -0.15) is 0 Å². The highest BCUT2D eigenvalue weighted by atomic mass is 19.1. The molecule has 1 aromatic heterocycles. The maximum atomic E-state index is 13.4. The summed E-state index contributed by atoms with van der Waals surface area (Å²) in [6.45, 7) is 1.41. The van der Waals surface area contributed by atoms with Gasteiger partial charge in [0, 0.05) is 56.1 Å². The molecule has 9 heteroatoms. The first kappa shape index (κ1) is 21.9. The first-order chi connectivity index (χ1) is 15.5. The Balaban J connectivity index is 1.30.